The number of carbonyl (C=O) groups excluding carboxylic acids is 1. The van der Waals surface area contributed by atoms with Crippen molar-refractivity contribution in [3.8, 4) is 11.1 Å². The van der Waals surface area contributed by atoms with Crippen LogP contribution in [0.2, 0.25) is 0 Å². The highest BCUT2D eigenvalue weighted by molar-refractivity contribution is 5.82. The van der Waals surface area contributed by atoms with E-state index in [-0.39, 0.29) is 17.4 Å². The summed E-state index contributed by atoms with van der Waals surface area (Å²) >= 11 is 0. The van der Waals surface area contributed by atoms with Gasteiger partial charge in [0.15, 0.2) is 17.5 Å². The maximum Gasteiger partial charge on any atom is 0.195 e. The summed E-state index contributed by atoms with van der Waals surface area (Å²) in [6.07, 6.45) is 8.96. The van der Waals surface area contributed by atoms with E-state index in [2.05, 4.69) is 18.0 Å². The lowest BCUT2D eigenvalue weighted by Gasteiger charge is -2.17. The fourth-order valence-electron chi connectivity index (χ4n) is 5.00. The average Bonchev–Trinajstić information content (AvgIpc) is 3.09. The first-order valence-electron chi connectivity index (χ1n) is 10.7. The van der Waals surface area contributed by atoms with Crippen molar-refractivity contribution in [1.29, 1.82) is 0 Å². The first kappa shape index (κ1) is 20.8. The molecule has 1 aromatic carbocycles. The molecule has 2 aliphatic rings. The van der Waals surface area contributed by atoms with E-state index in [0.29, 0.717) is 30.1 Å². The molecule has 30 heavy (non-hydrogen) atoms. The molecule has 4 rings (SSSR count). The highest BCUT2D eigenvalue weighted by atomic mass is 19.2. The van der Waals surface area contributed by atoms with E-state index < -0.39 is 17.5 Å². The average molecular weight is 413 g/mol. The molecule has 0 saturated heterocycles. The fourth-order valence-corrected chi connectivity index (χ4v) is 5.00. The van der Waals surface area contributed by atoms with Gasteiger partial charge < -0.3 is 0 Å². The van der Waals surface area contributed by atoms with Crippen molar-refractivity contribution in [3.63, 3.8) is 0 Å². The van der Waals surface area contributed by atoms with Gasteiger partial charge in [-0.25, -0.2) is 13.2 Å². The van der Waals surface area contributed by atoms with Crippen molar-refractivity contribution >= 4 is 11.4 Å². The highest BCUT2D eigenvalue weighted by Gasteiger charge is 2.31. The Kier molecular flexibility index (Phi) is 5.81. The summed E-state index contributed by atoms with van der Waals surface area (Å²) < 4.78 is 41.2. The van der Waals surface area contributed by atoms with Gasteiger partial charge in [-0.15, -0.1) is 0 Å². The van der Waals surface area contributed by atoms with Crippen LogP contribution in [-0.2, 0) is 11.2 Å². The summed E-state index contributed by atoms with van der Waals surface area (Å²) in [5.74, 6) is -2.71. The van der Waals surface area contributed by atoms with E-state index in [1.165, 1.54) is 12.3 Å². The number of ketones is 1. The largest absolute Gasteiger partial charge is 0.299 e. The second-order valence-corrected chi connectivity index (χ2v) is 8.79. The number of rotatable bonds is 4. The Hall–Kier alpha value is -2.43. The summed E-state index contributed by atoms with van der Waals surface area (Å²) in [6, 6.07) is 3.97. The summed E-state index contributed by atoms with van der Waals surface area (Å²) in [6.45, 7) is 4.15. The second-order valence-electron chi connectivity index (χ2n) is 8.79. The zero-order valence-corrected chi connectivity index (χ0v) is 17.4. The summed E-state index contributed by atoms with van der Waals surface area (Å²) in [7, 11) is 0. The third-order valence-corrected chi connectivity index (χ3v) is 6.69. The van der Waals surface area contributed by atoms with Crippen LogP contribution < -0.4 is 0 Å². The topological polar surface area (TPSA) is 30.0 Å². The van der Waals surface area contributed by atoms with Crippen molar-refractivity contribution in [2.45, 2.75) is 52.4 Å². The number of fused-ring (bicyclic) bond motifs is 1. The van der Waals surface area contributed by atoms with Gasteiger partial charge in [0.2, 0.25) is 0 Å². The molecule has 0 bridgehead atoms. The molecule has 0 N–H and O–H groups in total. The molecule has 158 valence electrons. The number of nitrogens with zero attached hydrogens (tertiary/aromatic N) is 1. The number of benzene rings is 1. The molecule has 2 nitrogen and oxygen atoms in total. The van der Waals surface area contributed by atoms with E-state index in [4.69, 9.17) is 0 Å². The number of pyridine rings is 1. The molecule has 3 atom stereocenters. The van der Waals surface area contributed by atoms with Gasteiger partial charge in [0.25, 0.3) is 0 Å². The van der Waals surface area contributed by atoms with Crippen LogP contribution in [0.1, 0.15) is 57.2 Å². The zero-order valence-electron chi connectivity index (χ0n) is 17.4. The zero-order chi connectivity index (χ0) is 21.4. The van der Waals surface area contributed by atoms with Gasteiger partial charge in [-0.2, -0.15) is 0 Å². The van der Waals surface area contributed by atoms with Crippen LogP contribution in [-0.4, -0.2) is 10.8 Å². The molecule has 0 aliphatic heterocycles. The molecule has 2 aliphatic carbocycles. The predicted molar refractivity (Wildman–Crippen MR) is 111 cm³/mol. The molecule has 1 aromatic heterocycles. The molecule has 2 aromatic rings. The molecule has 1 fully saturated rings. The number of hydrogen-bond acceptors (Lipinski definition) is 2. The lowest BCUT2D eigenvalue weighted by molar-refractivity contribution is -0.124. The van der Waals surface area contributed by atoms with E-state index in [9.17, 15) is 18.0 Å². The van der Waals surface area contributed by atoms with Crippen LogP contribution >= 0.6 is 0 Å². The quantitative estimate of drug-likeness (QED) is 0.534. The van der Waals surface area contributed by atoms with Crippen LogP contribution in [0.5, 0.6) is 0 Å². The number of halogens is 3. The molecule has 0 amide bonds. The van der Waals surface area contributed by atoms with Gasteiger partial charge in [0, 0.05) is 29.7 Å². The molecular weight excluding hydrogens is 387 g/mol. The SMILES string of the molecule is CC1=CC(CC(=O)C2CCCC2C)CCc2cc(-c3ccc(F)c(F)c3F)cnc21. The summed E-state index contributed by atoms with van der Waals surface area (Å²) in [5, 5.41) is 0. The number of aryl methyl sites for hydroxylation is 1. The maximum atomic E-state index is 14.2. The van der Waals surface area contributed by atoms with Gasteiger partial charge in [-0.05, 0) is 73.8 Å². The minimum atomic E-state index is -1.47. The van der Waals surface area contributed by atoms with Crippen molar-refractivity contribution in [3.05, 3.63) is 59.2 Å². The van der Waals surface area contributed by atoms with Gasteiger partial charge in [0.1, 0.15) is 5.78 Å². The smallest absolute Gasteiger partial charge is 0.195 e. The Morgan fingerprint density at radius 3 is 2.67 bits per heavy atom. The van der Waals surface area contributed by atoms with Crippen molar-refractivity contribution in [2.75, 3.05) is 0 Å². The van der Waals surface area contributed by atoms with Crippen LogP contribution in [0, 0.1) is 35.2 Å². The standard InChI is InChI=1S/C25H26F3NO/c1-14-4-3-5-19(14)22(30)11-16-6-7-17-12-18(13-29-25(17)15(2)10-16)20-8-9-21(26)24(28)23(20)27/h8-10,12-14,16,19H,3-7,11H2,1-2H3. The Labute approximate surface area is 175 Å². The van der Waals surface area contributed by atoms with Crippen molar-refractivity contribution in [1.82, 2.24) is 4.98 Å². The van der Waals surface area contributed by atoms with Gasteiger partial charge in [0.05, 0.1) is 5.69 Å². The molecule has 3 unspecified atom stereocenters. The molecular formula is C25H26F3NO. The number of Topliss-reactive ketones (excluding diaryl/α,β-unsaturated/α-hetero) is 1. The lowest BCUT2D eigenvalue weighted by atomic mass is 9.86. The molecule has 0 radical (unpaired) electrons. The molecule has 1 saturated carbocycles. The van der Waals surface area contributed by atoms with E-state index >= 15 is 0 Å². The van der Waals surface area contributed by atoms with Crippen LogP contribution in [0.3, 0.4) is 0 Å². The van der Waals surface area contributed by atoms with E-state index in [0.717, 1.165) is 48.6 Å². The summed E-state index contributed by atoms with van der Waals surface area (Å²) in [5.41, 5.74) is 3.18. The molecule has 5 heteroatoms. The third-order valence-electron chi connectivity index (χ3n) is 6.69. The lowest BCUT2D eigenvalue weighted by Crippen LogP contribution is -2.19. The van der Waals surface area contributed by atoms with Gasteiger partial charge >= 0.3 is 0 Å². The minimum absolute atomic E-state index is 0.00275. The van der Waals surface area contributed by atoms with E-state index in [1.807, 2.05) is 6.92 Å². The summed E-state index contributed by atoms with van der Waals surface area (Å²) in [4.78, 5) is 17.3. The molecule has 0 spiro atoms. The first-order valence-corrected chi connectivity index (χ1v) is 10.7. The Morgan fingerprint density at radius 1 is 1.13 bits per heavy atom. The highest BCUT2D eigenvalue weighted by Crippen LogP contribution is 2.36. The molecule has 1 heterocycles. The Bertz CT molecular complexity index is 1010. The third kappa shape index (κ3) is 3.94. The van der Waals surface area contributed by atoms with Crippen LogP contribution in [0.4, 0.5) is 13.2 Å². The maximum absolute atomic E-state index is 14.2. The Morgan fingerprint density at radius 2 is 1.93 bits per heavy atom. The number of allylic oxidation sites excluding steroid dienone is 2. The van der Waals surface area contributed by atoms with Gasteiger partial charge in [-0.3, -0.25) is 9.78 Å². The predicted octanol–water partition coefficient (Wildman–Crippen LogP) is 6.53. The first-order chi connectivity index (χ1) is 14.3. The van der Waals surface area contributed by atoms with Crippen molar-refractivity contribution in [2.24, 2.45) is 17.8 Å². The Balaban J connectivity index is 1.56. The minimum Gasteiger partial charge on any atom is -0.299 e. The van der Waals surface area contributed by atoms with Crippen LogP contribution in [0.25, 0.3) is 16.7 Å². The van der Waals surface area contributed by atoms with Gasteiger partial charge in [-0.1, -0.05) is 19.4 Å². The number of hydrogen-bond donors (Lipinski definition) is 0. The van der Waals surface area contributed by atoms with E-state index in [1.54, 1.807) is 6.07 Å². The monoisotopic (exact) mass is 413 g/mol. The number of aromatic nitrogens is 1. The van der Waals surface area contributed by atoms with Crippen LogP contribution in [0.15, 0.2) is 30.5 Å². The normalized spacial score (nSPS) is 23.6. The fraction of sp³-hybridized carbons (Fsp3) is 0.440. The second kappa shape index (κ2) is 8.37. The van der Waals surface area contributed by atoms with Crippen molar-refractivity contribution < 1.29 is 18.0 Å². The number of carbonyl (C=O) groups is 1.